The molecule has 4 aromatic rings. The van der Waals surface area contributed by atoms with E-state index in [9.17, 15) is 9.59 Å². The SMILES string of the molecule is COC(=O)c1ccc2oc(CCCCc3cc4cc(C(=O)OC)ccc4o3)cc2c1. The molecule has 6 nitrogen and oxygen atoms in total. The average Bonchev–Trinajstić information content (AvgIpc) is 3.37. The highest BCUT2D eigenvalue weighted by atomic mass is 16.5. The van der Waals surface area contributed by atoms with E-state index in [-0.39, 0.29) is 11.9 Å². The summed E-state index contributed by atoms with van der Waals surface area (Å²) in [7, 11) is 2.74. The molecule has 6 heteroatoms. The van der Waals surface area contributed by atoms with Gasteiger partial charge >= 0.3 is 11.9 Å². The largest absolute Gasteiger partial charge is 0.465 e. The zero-order valence-electron chi connectivity index (χ0n) is 16.9. The lowest BCUT2D eigenvalue weighted by Gasteiger charge is -1.97. The Balaban J connectivity index is 1.35. The lowest BCUT2D eigenvalue weighted by molar-refractivity contribution is 0.0592. The molecule has 0 unspecified atom stereocenters. The smallest absolute Gasteiger partial charge is 0.337 e. The summed E-state index contributed by atoms with van der Waals surface area (Å²) in [5.41, 5.74) is 2.54. The molecule has 0 bridgehead atoms. The summed E-state index contributed by atoms with van der Waals surface area (Å²) in [6.07, 6.45) is 3.48. The quantitative estimate of drug-likeness (QED) is 0.305. The van der Waals surface area contributed by atoms with Crippen LogP contribution in [0.1, 0.15) is 45.1 Å². The molecule has 4 rings (SSSR count). The van der Waals surface area contributed by atoms with Gasteiger partial charge in [0.2, 0.25) is 0 Å². The topological polar surface area (TPSA) is 78.9 Å². The fourth-order valence-electron chi connectivity index (χ4n) is 3.53. The molecule has 0 spiro atoms. The maximum absolute atomic E-state index is 11.7. The summed E-state index contributed by atoms with van der Waals surface area (Å²) in [4.78, 5) is 23.3. The predicted molar refractivity (Wildman–Crippen MR) is 112 cm³/mol. The third-order valence-electron chi connectivity index (χ3n) is 5.07. The van der Waals surface area contributed by atoms with Crippen molar-refractivity contribution in [1.82, 2.24) is 0 Å². The lowest BCUT2D eigenvalue weighted by Crippen LogP contribution is -1.99. The number of fused-ring (bicyclic) bond motifs is 2. The third kappa shape index (κ3) is 4.08. The Morgan fingerprint density at radius 3 is 1.53 bits per heavy atom. The van der Waals surface area contributed by atoms with Gasteiger partial charge in [0.1, 0.15) is 22.7 Å². The van der Waals surface area contributed by atoms with Crippen LogP contribution >= 0.6 is 0 Å². The van der Waals surface area contributed by atoms with E-state index >= 15 is 0 Å². The van der Waals surface area contributed by atoms with Gasteiger partial charge in [-0.3, -0.25) is 0 Å². The standard InChI is InChI=1S/C24H22O6/c1-27-23(25)15-7-9-21-17(11-15)13-19(29-21)5-3-4-6-20-14-18-12-16(24(26)28-2)8-10-22(18)30-20/h7-14H,3-6H2,1-2H3. The molecular weight excluding hydrogens is 384 g/mol. The Bertz CT molecular complexity index is 1120. The van der Waals surface area contributed by atoms with E-state index in [4.69, 9.17) is 18.3 Å². The average molecular weight is 406 g/mol. The number of hydrogen-bond acceptors (Lipinski definition) is 6. The molecule has 0 radical (unpaired) electrons. The van der Waals surface area contributed by atoms with E-state index in [1.54, 1.807) is 36.4 Å². The van der Waals surface area contributed by atoms with Gasteiger partial charge < -0.3 is 18.3 Å². The number of ether oxygens (including phenoxy) is 2. The van der Waals surface area contributed by atoms with Crippen LogP contribution in [0, 0.1) is 0 Å². The monoisotopic (exact) mass is 406 g/mol. The minimum Gasteiger partial charge on any atom is -0.465 e. The number of hydrogen-bond donors (Lipinski definition) is 0. The minimum atomic E-state index is -0.357. The van der Waals surface area contributed by atoms with Crippen LogP contribution in [0.5, 0.6) is 0 Å². The molecule has 0 N–H and O–H groups in total. The van der Waals surface area contributed by atoms with Crippen LogP contribution < -0.4 is 0 Å². The van der Waals surface area contributed by atoms with Crippen LogP contribution in [0.25, 0.3) is 21.9 Å². The first-order valence-electron chi connectivity index (χ1n) is 9.79. The molecule has 0 saturated heterocycles. The number of esters is 2. The Morgan fingerprint density at radius 2 is 1.13 bits per heavy atom. The predicted octanol–water partition coefficient (Wildman–Crippen LogP) is 5.32. The van der Waals surface area contributed by atoms with Crippen molar-refractivity contribution in [2.75, 3.05) is 14.2 Å². The van der Waals surface area contributed by atoms with Gasteiger partial charge in [-0.05, 0) is 61.4 Å². The highest BCUT2D eigenvalue weighted by Crippen LogP contribution is 2.24. The highest BCUT2D eigenvalue weighted by molar-refractivity contribution is 5.95. The van der Waals surface area contributed by atoms with Crippen molar-refractivity contribution in [3.05, 3.63) is 71.2 Å². The Labute approximate surface area is 173 Å². The van der Waals surface area contributed by atoms with Crippen molar-refractivity contribution >= 4 is 33.9 Å². The molecule has 2 aromatic heterocycles. The van der Waals surface area contributed by atoms with Gasteiger partial charge in [0.15, 0.2) is 0 Å². The third-order valence-corrected chi connectivity index (χ3v) is 5.07. The molecule has 154 valence electrons. The Kier molecular flexibility index (Phi) is 5.57. The summed E-state index contributed by atoms with van der Waals surface area (Å²) in [6, 6.07) is 14.5. The number of furan rings is 2. The first-order chi connectivity index (χ1) is 14.6. The van der Waals surface area contributed by atoms with E-state index in [0.717, 1.165) is 59.1 Å². The number of carbonyl (C=O) groups is 2. The highest BCUT2D eigenvalue weighted by Gasteiger charge is 2.11. The maximum atomic E-state index is 11.7. The van der Waals surface area contributed by atoms with Gasteiger partial charge in [0.25, 0.3) is 0 Å². The zero-order chi connectivity index (χ0) is 21.1. The van der Waals surface area contributed by atoms with E-state index in [0.29, 0.717) is 11.1 Å². The molecule has 0 fully saturated rings. The lowest BCUT2D eigenvalue weighted by atomic mass is 10.1. The first kappa shape index (κ1) is 19.8. The molecule has 0 aliphatic carbocycles. The number of benzene rings is 2. The van der Waals surface area contributed by atoms with Gasteiger partial charge in [-0.15, -0.1) is 0 Å². The second-order valence-electron chi connectivity index (χ2n) is 7.12. The van der Waals surface area contributed by atoms with E-state index < -0.39 is 0 Å². The van der Waals surface area contributed by atoms with Crippen LogP contribution in [0.4, 0.5) is 0 Å². The number of aryl methyl sites for hydroxylation is 2. The van der Waals surface area contributed by atoms with Gasteiger partial charge in [-0.1, -0.05) is 0 Å². The van der Waals surface area contributed by atoms with Crippen LogP contribution in [-0.2, 0) is 22.3 Å². The molecule has 0 atom stereocenters. The summed E-state index contributed by atoms with van der Waals surface area (Å²) in [5.74, 6) is 1.06. The van der Waals surface area contributed by atoms with E-state index in [1.165, 1.54) is 14.2 Å². The molecule has 0 aliphatic heterocycles. The molecule has 0 amide bonds. The number of carbonyl (C=O) groups excluding carboxylic acids is 2. The van der Waals surface area contributed by atoms with Crippen molar-refractivity contribution in [3.8, 4) is 0 Å². The fraction of sp³-hybridized carbons (Fsp3) is 0.250. The van der Waals surface area contributed by atoms with Crippen molar-refractivity contribution in [3.63, 3.8) is 0 Å². The van der Waals surface area contributed by atoms with Crippen LogP contribution in [0.15, 0.2) is 57.4 Å². The van der Waals surface area contributed by atoms with Crippen molar-refractivity contribution in [2.45, 2.75) is 25.7 Å². The molecule has 2 heterocycles. The van der Waals surface area contributed by atoms with Gasteiger partial charge in [-0.2, -0.15) is 0 Å². The summed E-state index contributed by atoms with van der Waals surface area (Å²) in [6.45, 7) is 0. The first-order valence-corrected chi connectivity index (χ1v) is 9.79. The number of rotatable bonds is 7. The summed E-state index contributed by atoms with van der Waals surface area (Å²) < 4.78 is 21.2. The molecule has 2 aromatic carbocycles. The number of methoxy groups -OCH3 is 2. The molecule has 0 saturated carbocycles. The van der Waals surface area contributed by atoms with Gasteiger partial charge in [-0.25, -0.2) is 9.59 Å². The van der Waals surface area contributed by atoms with Crippen molar-refractivity contribution < 1.29 is 27.9 Å². The normalized spacial score (nSPS) is 11.1. The summed E-state index contributed by atoms with van der Waals surface area (Å²) in [5, 5.41) is 1.79. The molecule has 0 aliphatic rings. The van der Waals surface area contributed by atoms with Crippen LogP contribution in [0.3, 0.4) is 0 Å². The zero-order valence-corrected chi connectivity index (χ0v) is 16.9. The summed E-state index contributed by atoms with van der Waals surface area (Å²) >= 11 is 0. The molecule has 30 heavy (non-hydrogen) atoms. The van der Waals surface area contributed by atoms with Crippen molar-refractivity contribution in [2.24, 2.45) is 0 Å². The second-order valence-corrected chi connectivity index (χ2v) is 7.12. The Morgan fingerprint density at radius 1 is 0.700 bits per heavy atom. The van der Waals surface area contributed by atoms with E-state index in [1.807, 2.05) is 12.1 Å². The minimum absolute atomic E-state index is 0.357. The van der Waals surface area contributed by atoms with Gasteiger partial charge in [0, 0.05) is 23.6 Å². The van der Waals surface area contributed by atoms with Crippen molar-refractivity contribution in [1.29, 1.82) is 0 Å². The van der Waals surface area contributed by atoms with E-state index in [2.05, 4.69) is 0 Å². The van der Waals surface area contributed by atoms with Crippen LogP contribution in [-0.4, -0.2) is 26.2 Å². The second kappa shape index (κ2) is 8.45. The van der Waals surface area contributed by atoms with Crippen LogP contribution in [0.2, 0.25) is 0 Å². The Hall–Kier alpha value is -3.54. The maximum Gasteiger partial charge on any atom is 0.337 e. The van der Waals surface area contributed by atoms with Gasteiger partial charge in [0.05, 0.1) is 25.3 Å². The fourth-order valence-corrected chi connectivity index (χ4v) is 3.53. The number of unbranched alkanes of at least 4 members (excludes halogenated alkanes) is 1. The molecular formula is C24H22O6.